The first-order valence-corrected chi connectivity index (χ1v) is 6.56. The standard InChI is InChI=1S/C17H16N2O/c1-18(2)19-16-10-6-4-8-14(16)12-11-13-7-3-5-9-15(13)17(19)20/h3-12H,1-2H3/b12-11-. The van der Waals surface area contributed by atoms with Gasteiger partial charge in [-0.3, -0.25) is 4.79 Å². The van der Waals surface area contributed by atoms with E-state index in [9.17, 15) is 4.79 Å². The highest BCUT2D eigenvalue weighted by atomic mass is 16.2. The average molecular weight is 264 g/mol. The zero-order valence-electron chi connectivity index (χ0n) is 11.6. The second-order valence-corrected chi connectivity index (χ2v) is 4.94. The molecule has 0 spiro atoms. The monoisotopic (exact) mass is 264 g/mol. The van der Waals surface area contributed by atoms with E-state index < -0.39 is 0 Å². The molecular weight excluding hydrogens is 248 g/mol. The number of para-hydroxylation sites is 1. The Morgan fingerprint density at radius 2 is 1.45 bits per heavy atom. The van der Waals surface area contributed by atoms with Crippen molar-refractivity contribution in [2.24, 2.45) is 0 Å². The molecule has 1 amide bonds. The highest BCUT2D eigenvalue weighted by Gasteiger charge is 2.24. The van der Waals surface area contributed by atoms with Crippen LogP contribution in [-0.4, -0.2) is 25.0 Å². The number of carbonyl (C=O) groups excluding carboxylic acids is 1. The molecule has 0 radical (unpaired) electrons. The molecule has 3 heteroatoms. The molecule has 1 aliphatic rings. The Balaban J connectivity index is 2.27. The van der Waals surface area contributed by atoms with Crippen LogP contribution in [0.25, 0.3) is 12.2 Å². The Bertz CT molecular complexity index is 689. The van der Waals surface area contributed by atoms with Crippen LogP contribution in [-0.2, 0) is 0 Å². The van der Waals surface area contributed by atoms with Crippen molar-refractivity contribution in [1.82, 2.24) is 5.01 Å². The van der Waals surface area contributed by atoms with Crippen LogP contribution in [0.2, 0.25) is 0 Å². The quantitative estimate of drug-likeness (QED) is 0.789. The minimum atomic E-state index is -0.0117. The summed E-state index contributed by atoms with van der Waals surface area (Å²) in [4.78, 5) is 12.8. The van der Waals surface area contributed by atoms with Crippen molar-refractivity contribution in [2.45, 2.75) is 0 Å². The Hall–Kier alpha value is -2.39. The number of amides is 1. The molecule has 0 saturated carbocycles. The number of hydrogen-bond donors (Lipinski definition) is 0. The van der Waals surface area contributed by atoms with Gasteiger partial charge < -0.3 is 0 Å². The van der Waals surface area contributed by atoms with E-state index in [1.165, 1.54) is 0 Å². The third-order valence-corrected chi connectivity index (χ3v) is 3.39. The lowest BCUT2D eigenvalue weighted by molar-refractivity contribution is 0.0929. The van der Waals surface area contributed by atoms with Crippen LogP contribution >= 0.6 is 0 Å². The van der Waals surface area contributed by atoms with E-state index in [1.54, 1.807) is 5.01 Å². The zero-order chi connectivity index (χ0) is 14.1. The minimum absolute atomic E-state index is 0.0117. The first-order chi connectivity index (χ1) is 9.68. The van der Waals surface area contributed by atoms with Crippen LogP contribution in [0.4, 0.5) is 5.69 Å². The van der Waals surface area contributed by atoms with Crippen LogP contribution in [0, 0.1) is 0 Å². The van der Waals surface area contributed by atoms with E-state index in [0.717, 1.165) is 16.8 Å². The van der Waals surface area contributed by atoms with Gasteiger partial charge in [-0.15, -0.1) is 0 Å². The number of anilines is 1. The SMILES string of the molecule is CN(C)N1C(=O)c2ccccc2/C=C\c2ccccc21. The number of hydrogen-bond acceptors (Lipinski definition) is 2. The van der Waals surface area contributed by atoms with Crippen LogP contribution in [0.3, 0.4) is 0 Å². The predicted octanol–water partition coefficient (Wildman–Crippen LogP) is 3.29. The largest absolute Gasteiger partial charge is 0.273 e. The summed E-state index contributed by atoms with van der Waals surface area (Å²) in [5, 5.41) is 3.52. The van der Waals surface area contributed by atoms with Gasteiger partial charge in [-0.05, 0) is 23.3 Å². The van der Waals surface area contributed by atoms with Gasteiger partial charge in [-0.2, -0.15) is 0 Å². The average Bonchev–Trinajstić information content (AvgIpc) is 2.45. The fourth-order valence-electron chi connectivity index (χ4n) is 2.46. The fraction of sp³-hybridized carbons (Fsp3) is 0.118. The number of hydrazine groups is 1. The molecule has 0 saturated heterocycles. The molecule has 0 bridgehead atoms. The van der Waals surface area contributed by atoms with Crippen molar-refractivity contribution in [2.75, 3.05) is 19.1 Å². The molecule has 0 fully saturated rings. The van der Waals surface area contributed by atoms with E-state index in [1.807, 2.05) is 73.7 Å². The van der Waals surface area contributed by atoms with Gasteiger partial charge >= 0.3 is 0 Å². The minimum Gasteiger partial charge on any atom is -0.267 e. The van der Waals surface area contributed by atoms with E-state index in [-0.39, 0.29) is 5.91 Å². The van der Waals surface area contributed by atoms with E-state index >= 15 is 0 Å². The molecule has 20 heavy (non-hydrogen) atoms. The maximum absolute atomic E-state index is 12.8. The lowest BCUT2D eigenvalue weighted by Crippen LogP contribution is -2.43. The second-order valence-electron chi connectivity index (χ2n) is 4.94. The zero-order valence-corrected chi connectivity index (χ0v) is 11.6. The van der Waals surface area contributed by atoms with Crippen LogP contribution in [0.15, 0.2) is 48.5 Å². The van der Waals surface area contributed by atoms with Gasteiger partial charge in [0.15, 0.2) is 0 Å². The van der Waals surface area contributed by atoms with Crippen LogP contribution in [0.1, 0.15) is 21.5 Å². The van der Waals surface area contributed by atoms with Gasteiger partial charge in [0, 0.05) is 19.7 Å². The van der Waals surface area contributed by atoms with Crippen molar-refractivity contribution in [3.8, 4) is 0 Å². The molecule has 1 aliphatic heterocycles. The van der Waals surface area contributed by atoms with Crippen LogP contribution in [0.5, 0.6) is 0 Å². The molecule has 3 nitrogen and oxygen atoms in total. The lowest BCUT2D eigenvalue weighted by Gasteiger charge is -2.31. The fourth-order valence-corrected chi connectivity index (χ4v) is 2.46. The summed E-state index contributed by atoms with van der Waals surface area (Å²) >= 11 is 0. The lowest BCUT2D eigenvalue weighted by atomic mass is 10.0. The molecule has 2 aromatic carbocycles. The molecule has 0 aliphatic carbocycles. The Kier molecular flexibility index (Phi) is 3.12. The first-order valence-electron chi connectivity index (χ1n) is 6.56. The third-order valence-electron chi connectivity index (χ3n) is 3.39. The molecule has 0 unspecified atom stereocenters. The molecule has 0 aromatic heterocycles. The Labute approximate surface area is 118 Å². The van der Waals surface area contributed by atoms with Gasteiger partial charge in [0.2, 0.25) is 0 Å². The Morgan fingerprint density at radius 1 is 0.850 bits per heavy atom. The highest BCUT2D eigenvalue weighted by Crippen LogP contribution is 2.28. The number of fused-ring (bicyclic) bond motifs is 2. The summed E-state index contributed by atoms with van der Waals surface area (Å²) in [5.74, 6) is -0.0117. The second kappa shape index (κ2) is 4.94. The summed E-state index contributed by atoms with van der Waals surface area (Å²) in [5.41, 5.74) is 3.59. The van der Waals surface area contributed by atoms with E-state index in [0.29, 0.717) is 5.56 Å². The van der Waals surface area contributed by atoms with Crippen molar-refractivity contribution in [3.05, 3.63) is 65.2 Å². The molecule has 1 heterocycles. The van der Waals surface area contributed by atoms with Crippen molar-refractivity contribution in [1.29, 1.82) is 0 Å². The number of nitrogens with zero attached hydrogens (tertiary/aromatic N) is 2. The third kappa shape index (κ3) is 2.02. The summed E-state index contributed by atoms with van der Waals surface area (Å²) in [6, 6.07) is 15.6. The summed E-state index contributed by atoms with van der Waals surface area (Å²) in [6.07, 6.45) is 4.05. The van der Waals surface area contributed by atoms with Crippen molar-refractivity contribution < 1.29 is 4.79 Å². The van der Waals surface area contributed by atoms with E-state index in [4.69, 9.17) is 0 Å². The van der Waals surface area contributed by atoms with Gasteiger partial charge in [0.05, 0.1) is 5.69 Å². The van der Waals surface area contributed by atoms with Gasteiger partial charge in [0.1, 0.15) is 0 Å². The maximum Gasteiger partial charge on any atom is 0.273 e. The predicted molar refractivity (Wildman–Crippen MR) is 82.3 cm³/mol. The summed E-state index contributed by atoms with van der Waals surface area (Å²) < 4.78 is 0. The van der Waals surface area contributed by atoms with Gasteiger partial charge in [-0.25, -0.2) is 10.0 Å². The molecule has 0 N–H and O–H groups in total. The molecular formula is C17H16N2O. The first kappa shape index (κ1) is 12.6. The number of carbonyl (C=O) groups is 1. The Morgan fingerprint density at radius 3 is 2.20 bits per heavy atom. The van der Waals surface area contributed by atoms with Crippen molar-refractivity contribution >= 4 is 23.7 Å². The summed E-state index contributed by atoms with van der Waals surface area (Å²) in [6.45, 7) is 0. The van der Waals surface area contributed by atoms with Gasteiger partial charge in [-0.1, -0.05) is 48.6 Å². The van der Waals surface area contributed by atoms with Gasteiger partial charge in [0.25, 0.3) is 5.91 Å². The molecule has 3 rings (SSSR count). The molecule has 0 atom stereocenters. The topological polar surface area (TPSA) is 23.6 Å². The number of benzene rings is 2. The molecule has 100 valence electrons. The number of rotatable bonds is 1. The smallest absolute Gasteiger partial charge is 0.267 e. The van der Waals surface area contributed by atoms with Crippen LogP contribution < -0.4 is 5.01 Å². The van der Waals surface area contributed by atoms with Crippen molar-refractivity contribution in [3.63, 3.8) is 0 Å². The molecule has 2 aromatic rings. The maximum atomic E-state index is 12.8. The summed E-state index contributed by atoms with van der Waals surface area (Å²) in [7, 11) is 3.76. The van der Waals surface area contributed by atoms with E-state index in [2.05, 4.69) is 6.08 Å². The normalized spacial score (nSPS) is 15.3. The highest BCUT2D eigenvalue weighted by molar-refractivity contribution is 6.10.